The fraction of sp³-hybridized carbons (Fsp3) is 0.519. The molecule has 1 amide bonds. The van der Waals surface area contributed by atoms with Gasteiger partial charge in [0.25, 0.3) is 5.91 Å². The zero-order valence-electron chi connectivity index (χ0n) is 21.4. The van der Waals surface area contributed by atoms with E-state index in [1.165, 1.54) is 4.88 Å². The second kappa shape index (κ2) is 10.5. The highest BCUT2D eigenvalue weighted by Crippen LogP contribution is 2.38. The van der Waals surface area contributed by atoms with Gasteiger partial charge in [0.2, 0.25) is 10.0 Å². The predicted octanol–water partition coefficient (Wildman–Crippen LogP) is 3.87. The lowest BCUT2D eigenvalue weighted by molar-refractivity contribution is 0.0830. The van der Waals surface area contributed by atoms with Crippen LogP contribution in [0.5, 0.6) is 0 Å². The topological polar surface area (TPSA) is 120 Å². The number of thiophene rings is 1. The number of hydrogen-bond acceptors (Lipinski definition) is 6. The van der Waals surface area contributed by atoms with Crippen LogP contribution in [0.25, 0.3) is 22.0 Å². The number of rotatable bonds is 8. The molecule has 1 aliphatic heterocycles. The van der Waals surface area contributed by atoms with Crippen LogP contribution >= 0.6 is 11.3 Å². The quantitative estimate of drug-likeness (QED) is 0.398. The van der Waals surface area contributed by atoms with E-state index in [9.17, 15) is 18.3 Å². The van der Waals surface area contributed by atoms with Crippen LogP contribution in [0.2, 0.25) is 0 Å². The molecule has 10 heteroatoms. The Morgan fingerprint density at radius 3 is 2.59 bits per heavy atom. The molecule has 0 bridgehead atoms. The number of nitrogens with two attached hydrogens (primary N) is 1. The zero-order valence-corrected chi connectivity index (χ0v) is 23.1. The molecular weight excluding hydrogens is 508 g/mol. The van der Waals surface area contributed by atoms with Crippen molar-refractivity contribution in [2.75, 3.05) is 25.9 Å². The van der Waals surface area contributed by atoms with E-state index in [-0.39, 0.29) is 23.8 Å². The number of carbonyl (C=O) groups is 1. The van der Waals surface area contributed by atoms with E-state index in [1.807, 2.05) is 12.3 Å². The van der Waals surface area contributed by atoms with Crippen molar-refractivity contribution in [1.29, 1.82) is 0 Å². The minimum atomic E-state index is -3.18. The number of benzene rings is 1. The van der Waals surface area contributed by atoms with E-state index in [0.717, 1.165) is 66.2 Å². The molecule has 1 saturated heterocycles. The number of nitrogens with zero attached hydrogens (tertiary/aromatic N) is 2. The zero-order chi connectivity index (χ0) is 26.3. The molecular formula is C27H36N4O4S2. The number of aliphatic hydroxyl groups is 1. The van der Waals surface area contributed by atoms with Crippen molar-refractivity contribution in [3.63, 3.8) is 0 Å². The van der Waals surface area contributed by atoms with Crippen LogP contribution in [0.1, 0.15) is 65.7 Å². The summed E-state index contributed by atoms with van der Waals surface area (Å²) < 4.78 is 26.2. The van der Waals surface area contributed by atoms with Crippen LogP contribution in [-0.4, -0.2) is 71.7 Å². The molecule has 4 N–H and O–H groups in total. The van der Waals surface area contributed by atoms with Gasteiger partial charge in [0.05, 0.1) is 22.9 Å². The summed E-state index contributed by atoms with van der Waals surface area (Å²) in [4.78, 5) is 19.1. The van der Waals surface area contributed by atoms with Crippen LogP contribution in [-0.2, 0) is 16.6 Å². The summed E-state index contributed by atoms with van der Waals surface area (Å²) in [5.41, 5.74) is 10.1. The number of aromatic amines is 1. The summed E-state index contributed by atoms with van der Waals surface area (Å²) in [5.74, 6) is -0.150. The summed E-state index contributed by atoms with van der Waals surface area (Å²) in [7, 11) is -1.12. The van der Waals surface area contributed by atoms with Gasteiger partial charge in [-0.25, -0.2) is 12.7 Å². The van der Waals surface area contributed by atoms with Gasteiger partial charge in [-0.3, -0.25) is 9.69 Å². The maximum absolute atomic E-state index is 12.4. The van der Waals surface area contributed by atoms with Crippen molar-refractivity contribution in [3.8, 4) is 11.1 Å². The van der Waals surface area contributed by atoms with Crippen molar-refractivity contribution in [1.82, 2.24) is 14.2 Å². The van der Waals surface area contributed by atoms with E-state index >= 15 is 0 Å². The average Bonchev–Trinajstić information content (AvgIpc) is 3.63. The highest BCUT2D eigenvalue weighted by molar-refractivity contribution is 7.89. The normalized spacial score (nSPS) is 21.8. The van der Waals surface area contributed by atoms with Gasteiger partial charge in [-0.15, -0.1) is 11.3 Å². The number of amides is 1. The minimum Gasteiger partial charge on any atom is -0.391 e. The Labute approximate surface area is 222 Å². The summed E-state index contributed by atoms with van der Waals surface area (Å²) in [6.07, 6.45) is 6.13. The van der Waals surface area contributed by atoms with Crippen molar-refractivity contribution in [3.05, 3.63) is 45.8 Å². The molecule has 3 aromatic rings. The number of fused-ring (bicyclic) bond motifs is 1. The van der Waals surface area contributed by atoms with Gasteiger partial charge in [0.15, 0.2) is 0 Å². The number of sulfonamides is 1. The van der Waals surface area contributed by atoms with Gasteiger partial charge < -0.3 is 15.8 Å². The maximum Gasteiger partial charge on any atom is 0.250 e. The molecule has 1 aromatic carbocycles. The first kappa shape index (κ1) is 26.4. The molecule has 5 rings (SSSR count). The molecule has 2 aromatic heterocycles. The van der Waals surface area contributed by atoms with E-state index in [2.05, 4.69) is 34.4 Å². The fourth-order valence-electron chi connectivity index (χ4n) is 5.99. The van der Waals surface area contributed by atoms with Crippen LogP contribution in [0.3, 0.4) is 0 Å². The van der Waals surface area contributed by atoms with E-state index in [1.54, 1.807) is 22.6 Å². The standard InChI is InChI=1S/C27H36N4O4S2/c1-3-37(34,35)31-9-7-17(8-10-31)23-14-29-26-21(23)12-18(13-22(26)27(28)33)19-11-20(36-16-19)15-30(2)24-5-4-6-25(24)32/h11-14,16-17,24-25,29,32H,3-10,15H2,1-2H3,(H2,28,33)/t24-,25-/m1/s1. The Morgan fingerprint density at radius 2 is 1.95 bits per heavy atom. The van der Waals surface area contributed by atoms with Crippen LogP contribution in [0.15, 0.2) is 29.8 Å². The number of aromatic nitrogens is 1. The molecule has 1 saturated carbocycles. The SMILES string of the molecule is CCS(=O)(=O)N1CCC(c2c[nH]c3c(C(N)=O)cc(-c4csc(CN(C)[C@@H]5CCC[C@H]5O)c4)cc23)CC1. The number of H-pyrrole nitrogens is 1. The van der Waals surface area contributed by atoms with Gasteiger partial charge >= 0.3 is 0 Å². The van der Waals surface area contributed by atoms with Crippen molar-refractivity contribution >= 4 is 38.2 Å². The lowest BCUT2D eigenvalue weighted by Gasteiger charge is -2.31. The third-order valence-electron chi connectivity index (χ3n) is 8.14. The first-order valence-corrected chi connectivity index (χ1v) is 15.6. The molecule has 37 heavy (non-hydrogen) atoms. The van der Waals surface area contributed by atoms with Gasteiger partial charge in [0, 0.05) is 42.1 Å². The highest BCUT2D eigenvalue weighted by Gasteiger charge is 2.30. The number of aliphatic hydroxyl groups excluding tert-OH is 1. The second-order valence-corrected chi connectivity index (χ2v) is 13.7. The molecule has 2 atom stereocenters. The third kappa shape index (κ3) is 5.22. The lowest BCUT2D eigenvalue weighted by Crippen LogP contribution is -2.38. The lowest BCUT2D eigenvalue weighted by atomic mass is 9.88. The van der Waals surface area contributed by atoms with Crippen LogP contribution in [0.4, 0.5) is 0 Å². The van der Waals surface area contributed by atoms with Gasteiger partial charge in [-0.2, -0.15) is 0 Å². The molecule has 0 radical (unpaired) electrons. The van der Waals surface area contributed by atoms with Crippen LogP contribution < -0.4 is 5.73 Å². The molecule has 2 fully saturated rings. The highest BCUT2D eigenvalue weighted by atomic mass is 32.2. The van der Waals surface area contributed by atoms with Gasteiger partial charge in [0.1, 0.15) is 0 Å². The van der Waals surface area contributed by atoms with Crippen molar-refractivity contribution < 1.29 is 18.3 Å². The molecule has 0 unspecified atom stereocenters. The third-order valence-corrected chi connectivity index (χ3v) is 10.9. The second-order valence-electron chi connectivity index (χ2n) is 10.4. The number of piperidine rings is 1. The number of primary amides is 1. The first-order chi connectivity index (χ1) is 17.7. The van der Waals surface area contributed by atoms with E-state index in [0.29, 0.717) is 18.7 Å². The number of hydrogen-bond donors (Lipinski definition) is 3. The summed E-state index contributed by atoms with van der Waals surface area (Å²) >= 11 is 1.68. The fourth-order valence-corrected chi connectivity index (χ4v) is 8.08. The molecule has 8 nitrogen and oxygen atoms in total. The molecule has 3 heterocycles. The summed E-state index contributed by atoms with van der Waals surface area (Å²) in [6.45, 7) is 3.46. The smallest absolute Gasteiger partial charge is 0.250 e. The number of likely N-dealkylation sites (N-methyl/N-ethyl adjacent to an activating group) is 1. The Bertz CT molecular complexity index is 1390. The minimum absolute atomic E-state index is 0.121. The monoisotopic (exact) mass is 544 g/mol. The molecule has 0 spiro atoms. The van der Waals surface area contributed by atoms with Crippen molar-refractivity contribution in [2.24, 2.45) is 5.73 Å². The Kier molecular flexibility index (Phi) is 7.48. The predicted molar refractivity (Wildman–Crippen MR) is 148 cm³/mol. The number of carbonyl (C=O) groups excluding carboxylic acids is 1. The van der Waals surface area contributed by atoms with Crippen molar-refractivity contribution in [2.45, 2.75) is 63.6 Å². The Morgan fingerprint density at radius 1 is 1.19 bits per heavy atom. The van der Waals surface area contributed by atoms with Crippen LogP contribution in [0, 0.1) is 0 Å². The Hall–Kier alpha value is -2.24. The molecule has 1 aliphatic carbocycles. The molecule has 2 aliphatic rings. The van der Waals surface area contributed by atoms with Gasteiger partial charge in [-0.05, 0) is 92.3 Å². The van der Waals surface area contributed by atoms with Gasteiger partial charge in [-0.1, -0.05) is 0 Å². The Balaban J connectivity index is 1.42. The van der Waals surface area contributed by atoms with E-state index in [4.69, 9.17) is 5.73 Å². The van der Waals surface area contributed by atoms with E-state index < -0.39 is 15.9 Å². The largest absolute Gasteiger partial charge is 0.391 e. The average molecular weight is 545 g/mol. The number of nitrogens with one attached hydrogen (secondary N) is 1. The summed E-state index contributed by atoms with van der Waals surface area (Å²) in [6, 6.07) is 6.34. The maximum atomic E-state index is 12.4. The summed E-state index contributed by atoms with van der Waals surface area (Å²) in [5, 5.41) is 13.4. The molecule has 200 valence electrons. The first-order valence-electron chi connectivity index (χ1n) is 13.1.